The standard InChI is InChI=1S/C17H21F3N2O2Si.2C14H13F3N2O2.C13H9F3N2O3.C13H11F3N2O2.C4H8O2/c1-11(24-25(3,4)5)15-8-9-16(23)22(15)12-6-7-14(21-2)13(10-12)17(18,19)20;2*1-8(20)12-5-6-13(21)19(12)9-3-4-11(18-2)10(7-9)14(15,16)17;1-17-9-3-2-7(6-8(9)13(14,15)16)18-10(12(20)21)4-5-11(18)19;1-17-11-4-2-8(6-10(11)13(14,15)16)18-9(7-19)3-5-12(18)20;5-4-2-1-3-6-4/h6-7,10-11,15H,8-9H2,1,3-5H3;2*3-4,7-8,12,20H,5-6H2,1H3;2-3,6,10H,4-5H2,(H,20,21);2,4,6,9,19H,3,5,7H2;4-5H,1-3H2/t11?,15-;8-,12+;8-,12-;10-;9-;/m10111./s1. The molecule has 0 spiro atoms. The molecule has 0 saturated carbocycles. The number of alkyl halides is 15. The zero-order valence-corrected chi connectivity index (χ0v) is 62.4. The Morgan fingerprint density at radius 2 is 0.728 bits per heavy atom. The molecule has 2 unspecified atom stereocenters. The first-order chi connectivity index (χ1) is 53.0. The van der Waals surface area contributed by atoms with E-state index in [1.165, 1.54) is 57.7 Å². The van der Waals surface area contributed by atoms with Crippen LogP contribution >= 0.6 is 0 Å². The van der Waals surface area contributed by atoms with E-state index < -0.39 is 150 Å². The molecule has 6 saturated heterocycles. The highest BCUT2D eigenvalue weighted by Gasteiger charge is 2.45. The number of aliphatic hydroxyl groups is 4. The van der Waals surface area contributed by atoms with Crippen LogP contribution in [0.5, 0.6) is 0 Å². The molecular weight excluding hydrogens is 1560 g/mol. The summed E-state index contributed by atoms with van der Waals surface area (Å²) in [6, 6.07) is 12.5. The van der Waals surface area contributed by atoms with Crippen LogP contribution in [0, 0.1) is 32.9 Å². The number of aliphatic hydroxyl groups excluding tert-OH is 4. The number of rotatable bonds is 12. The highest BCUT2D eigenvalue weighted by Crippen LogP contribution is 2.47. The van der Waals surface area contributed by atoms with E-state index in [2.05, 4.69) is 24.2 Å². The van der Waals surface area contributed by atoms with Crippen molar-refractivity contribution in [2.45, 2.75) is 203 Å². The van der Waals surface area contributed by atoms with Gasteiger partial charge < -0.3 is 54.3 Å². The van der Waals surface area contributed by atoms with Crippen LogP contribution < -0.4 is 24.5 Å². The average molecular weight is 1640 g/mol. The minimum absolute atomic E-state index is 0.0388. The number of aliphatic carboxylic acids is 1. The summed E-state index contributed by atoms with van der Waals surface area (Å²) in [5.74, 6) is -3.03. The minimum Gasteiger partial charge on any atom is -0.480 e. The van der Waals surface area contributed by atoms with Gasteiger partial charge in [-0.25, -0.2) is 29.0 Å². The second-order valence-electron chi connectivity index (χ2n) is 27.3. The summed E-state index contributed by atoms with van der Waals surface area (Å²) in [6.45, 7) is 45.4. The van der Waals surface area contributed by atoms with Gasteiger partial charge in [0.1, 0.15) is 6.04 Å². The van der Waals surface area contributed by atoms with E-state index >= 15 is 0 Å². The molecule has 0 bridgehead atoms. The number of anilines is 5. The number of carboxylic acids is 1. The summed E-state index contributed by atoms with van der Waals surface area (Å²) >= 11 is 0. The minimum atomic E-state index is -4.75. The largest absolute Gasteiger partial charge is 0.480 e. The van der Waals surface area contributed by atoms with Crippen molar-refractivity contribution in [3.63, 3.8) is 0 Å². The molecule has 6 aliphatic rings. The lowest BCUT2D eigenvalue weighted by Crippen LogP contribution is -2.45. The number of ether oxygens (including phenoxy) is 1. The van der Waals surface area contributed by atoms with E-state index in [9.17, 15) is 110 Å². The van der Waals surface area contributed by atoms with Gasteiger partial charge in [0.15, 0.2) is 43.0 Å². The van der Waals surface area contributed by atoms with E-state index in [-0.39, 0.29) is 109 Å². The normalized spacial score (nSPS) is 20.5. The van der Waals surface area contributed by atoms with Crippen LogP contribution in [-0.2, 0) is 68.8 Å². The van der Waals surface area contributed by atoms with Gasteiger partial charge in [-0.2, -0.15) is 65.9 Å². The Labute approximate surface area is 644 Å². The molecule has 5 aromatic carbocycles. The maximum atomic E-state index is 13.2. The SMILES string of the molecule is OC1CCCO1.[C-]#[N+]c1ccc(N2C(=O)CC[C@@H]2C(=O)O)cc1C(F)(F)F.[C-]#[N+]c1ccc(N2C(=O)CC[C@@H]2C(C)O[Si](C)(C)C)cc1C(F)(F)F.[C-]#[N+]c1ccc(N2C(=O)CC[C@@H]2CO)cc1C(F)(F)F.[C-]#[N+]c1ccc(N2C(=O)CC[C@@H]2[C@@H](C)O)cc1C(F)(F)F.[C-]#[N+]c1ccc(N2C(=O)CC[C@@H]2[C@H](C)O)cc1C(F)(F)F. The number of hydrogen-bond donors (Lipinski definition) is 5. The van der Waals surface area contributed by atoms with Crippen LogP contribution in [0.25, 0.3) is 24.2 Å². The summed E-state index contributed by atoms with van der Waals surface area (Å²) in [5.41, 5.74) is -7.81. The van der Waals surface area contributed by atoms with Gasteiger partial charge in [0.05, 0.1) is 110 Å². The van der Waals surface area contributed by atoms with Gasteiger partial charge in [-0.15, -0.1) is 0 Å². The number of carbonyl (C=O) groups excluding carboxylic acids is 5. The van der Waals surface area contributed by atoms with Crippen molar-refractivity contribution >= 4 is 101 Å². The quantitative estimate of drug-likeness (QED) is 0.0443. The van der Waals surface area contributed by atoms with E-state index in [1.54, 1.807) is 0 Å². The molecule has 5 N–H and O–H groups in total. The van der Waals surface area contributed by atoms with Crippen LogP contribution in [0.15, 0.2) is 91.0 Å². The Morgan fingerprint density at radius 1 is 0.456 bits per heavy atom. The Balaban J connectivity index is 0.000000218. The van der Waals surface area contributed by atoms with Crippen LogP contribution in [0.1, 0.15) is 126 Å². The molecule has 0 radical (unpaired) electrons. The second kappa shape index (κ2) is 38.0. The van der Waals surface area contributed by atoms with Gasteiger partial charge >= 0.3 is 36.9 Å². The highest BCUT2D eigenvalue weighted by atomic mass is 28.4. The third-order valence-electron chi connectivity index (χ3n) is 18.3. The number of amides is 5. The third-order valence-corrected chi connectivity index (χ3v) is 19.4. The maximum absolute atomic E-state index is 13.2. The van der Waals surface area contributed by atoms with Crippen LogP contribution in [-0.4, -0.2) is 137 Å². The summed E-state index contributed by atoms with van der Waals surface area (Å²) in [5, 5.41) is 46.0. The molecule has 9 atom stereocenters. The summed E-state index contributed by atoms with van der Waals surface area (Å²) in [4.78, 5) is 90.6. The maximum Gasteiger partial charge on any atom is 0.407 e. The zero-order chi connectivity index (χ0) is 85.7. The van der Waals surface area contributed by atoms with Crippen LogP contribution in [0.4, 0.5) is 123 Å². The molecular formula is C75H75F15N10O13Si. The van der Waals surface area contributed by atoms with Crippen molar-refractivity contribution in [2.75, 3.05) is 37.7 Å². The molecule has 11 rings (SSSR count). The Bertz CT molecular complexity index is 4460. The van der Waals surface area contributed by atoms with Gasteiger partial charge in [-0.3, -0.25) is 28.9 Å². The van der Waals surface area contributed by atoms with Gasteiger partial charge in [0.25, 0.3) is 0 Å². The molecule has 0 aromatic heterocycles. The van der Waals surface area contributed by atoms with E-state index in [0.29, 0.717) is 31.7 Å². The van der Waals surface area contributed by atoms with Crippen LogP contribution in [0.3, 0.4) is 0 Å². The smallest absolute Gasteiger partial charge is 0.407 e. The molecule has 39 heteroatoms. The van der Waals surface area contributed by atoms with Crippen LogP contribution in [0.2, 0.25) is 19.6 Å². The van der Waals surface area contributed by atoms with Crippen molar-refractivity contribution in [2.24, 2.45) is 0 Å². The lowest BCUT2D eigenvalue weighted by atomic mass is 10.1. The Hall–Kier alpha value is -10.7. The predicted molar refractivity (Wildman–Crippen MR) is 384 cm³/mol. The predicted octanol–water partition coefficient (Wildman–Crippen LogP) is 17.0. The first kappa shape index (κ1) is 92.2. The molecule has 0 aliphatic carbocycles. The monoisotopic (exact) mass is 1640 g/mol. The van der Waals surface area contributed by atoms with Crippen molar-refractivity contribution in [3.05, 3.63) is 176 Å². The second-order valence-corrected chi connectivity index (χ2v) is 31.8. The number of carbonyl (C=O) groups is 6. The van der Waals surface area contributed by atoms with E-state index in [4.69, 9.17) is 52.2 Å². The lowest BCUT2D eigenvalue weighted by Gasteiger charge is -2.34. The topological polar surface area (TPSA) is 260 Å². The molecule has 23 nitrogen and oxygen atoms in total. The number of carboxylic acid groups (broad SMARTS) is 1. The van der Waals surface area contributed by atoms with Crippen molar-refractivity contribution in [1.82, 2.24) is 0 Å². The van der Waals surface area contributed by atoms with Gasteiger partial charge in [0, 0.05) is 73.6 Å². The number of benzene rings is 5. The summed E-state index contributed by atoms with van der Waals surface area (Å²) in [6.07, 6.45) is -21.4. The molecule has 5 aromatic rings. The third kappa shape index (κ3) is 23.3. The fourth-order valence-corrected chi connectivity index (χ4v) is 14.5. The molecule has 6 fully saturated rings. The lowest BCUT2D eigenvalue weighted by molar-refractivity contribution is -0.139. The van der Waals surface area contributed by atoms with Crippen molar-refractivity contribution in [3.8, 4) is 0 Å². The first-order valence-corrected chi connectivity index (χ1v) is 38.1. The molecule has 612 valence electrons. The summed E-state index contributed by atoms with van der Waals surface area (Å²) < 4.78 is 205. The fourth-order valence-electron chi connectivity index (χ4n) is 13.2. The van der Waals surface area contributed by atoms with Crippen molar-refractivity contribution in [1.29, 1.82) is 0 Å². The Morgan fingerprint density at radius 3 is 0.982 bits per heavy atom. The average Bonchev–Trinajstić information content (AvgIpc) is 1.55. The molecule has 6 heterocycles. The van der Waals surface area contributed by atoms with Crippen molar-refractivity contribution < 1.29 is 129 Å². The van der Waals surface area contributed by atoms with E-state index in [1.807, 2.05) is 26.6 Å². The number of nitrogens with zero attached hydrogens (tertiary/aromatic N) is 10. The Kier molecular flexibility index (Phi) is 30.7. The number of hydrogen-bond acceptors (Lipinski definition) is 12. The molecule has 6 aliphatic heterocycles. The fraction of sp³-hybridized carbons (Fsp3) is 0.453. The molecule has 5 amide bonds. The number of halogens is 15. The van der Waals surface area contributed by atoms with Gasteiger partial charge in [-0.05, 0) is 140 Å². The summed E-state index contributed by atoms with van der Waals surface area (Å²) in [7, 11) is -1.85. The first-order valence-electron chi connectivity index (χ1n) is 34.7. The van der Waals surface area contributed by atoms with Gasteiger partial charge in [-0.1, -0.05) is 30.3 Å². The van der Waals surface area contributed by atoms with Gasteiger partial charge in [0.2, 0.25) is 29.5 Å². The highest BCUT2D eigenvalue weighted by molar-refractivity contribution is 6.69. The van der Waals surface area contributed by atoms with E-state index in [0.717, 1.165) is 85.0 Å². The zero-order valence-electron chi connectivity index (χ0n) is 61.4. The molecule has 114 heavy (non-hydrogen) atoms.